The van der Waals surface area contributed by atoms with Gasteiger partial charge < -0.3 is 19.9 Å². The zero-order valence-electron chi connectivity index (χ0n) is 10.7. The molecule has 102 valence electrons. The first kappa shape index (κ1) is 12.5. The fourth-order valence-corrected chi connectivity index (χ4v) is 2.31. The second-order valence-corrected chi connectivity index (χ2v) is 4.50. The molecule has 3 aromatic rings. The molecule has 0 atom stereocenters. The molecule has 0 aliphatic heterocycles. The number of imidazole rings is 1. The molecule has 3 rings (SSSR count). The van der Waals surface area contributed by atoms with Gasteiger partial charge in [-0.05, 0) is 30.3 Å². The predicted molar refractivity (Wildman–Crippen MR) is 75.6 cm³/mol. The van der Waals surface area contributed by atoms with Crippen LogP contribution in [0.3, 0.4) is 0 Å². The summed E-state index contributed by atoms with van der Waals surface area (Å²) in [5.41, 5.74) is 2.09. The molecule has 0 aliphatic carbocycles. The number of aromatic nitrogens is 2. The van der Waals surface area contributed by atoms with Crippen molar-refractivity contribution in [3.63, 3.8) is 0 Å². The van der Waals surface area contributed by atoms with Crippen LogP contribution < -0.4 is 0 Å². The van der Waals surface area contributed by atoms with Gasteiger partial charge in [-0.2, -0.15) is 0 Å². The Bertz CT molecular complexity index is 765. The summed E-state index contributed by atoms with van der Waals surface area (Å²) in [4.78, 5) is 4.48. The molecule has 0 fully saturated rings. The summed E-state index contributed by atoms with van der Waals surface area (Å²) >= 11 is 0. The summed E-state index contributed by atoms with van der Waals surface area (Å²) in [6.07, 6.45) is 0. The van der Waals surface area contributed by atoms with Crippen molar-refractivity contribution >= 4 is 11.0 Å². The van der Waals surface area contributed by atoms with Crippen molar-refractivity contribution in [1.29, 1.82) is 0 Å². The number of rotatable bonds is 3. The molecule has 1 heterocycles. The SMILES string of the molecule is OCCn1c(-c2cc(O)ccc2O)nc2ccccc21. The lowest BCUT2D eigenvalue weighted by Gasteiger charge is -2.09. The summed E-state index contributed by atoms with van der Waals surface area (Å²) in [5, 5.41) is 28.8. The fraction of sp³-hybridized carbons (Fsp3) is 0.133. The van der Waals surface area contributed by atoms with E-state index in [1.807, 2.05) is 28.8 Å². The first-order valence-electron chi connectivity index (χ1n) is 6.29. The molecule has 0 unspecified atom stereocenters. The van der Waals surface area contributed by atoms with Crippen molar-refractivity contribution in [2.24, 2.45) is 0 Å². The van der Waals surface area contributed by atoms with E-state index in [4.69, 9.17) is 0 Å². The molecule has 5 heteroatoms. The van der Waals surface area contributed by atoms with Gasteiger partial charge in [0.2, 0.25) is 0 Å². The van der Waals surface area contributed by atoms with Crippen LogP contribution in [0, 0.1) is 0 Å². The molecular formula is C15H14N2O3. The van der Waals surface area contributed by atoms with E-state index in [0.717, 1.165) is 11.0 Å². The molecule has 0 saturated heterocycles. The third-order valence-electron chi connectivity index (χ3n) is 3.20. The molecule has 0 radical (unpaired) electrons. The molecule has 0 aliphatic rings. The number of fused-ring (bicyclic) bond motifs is 1. The minimum atomic E-state index is -0.0348. The van der Waals surface area contributed by atoms with Crippen LogP contribution >= 0.6 is 0 Å². The van der Waals surface area contributed by atoms with Crippen LogP contribution in [0.5, 0.6) is 11.5 Å². The predicted octanol–water partition coefficient (Wildman–Crippen LogP) is 2.11. The summed E-state index contributed by atoms with van der Waals surface area (Å²) in [6, 6.07) is 11.8. The number of nitrogens with zero attached hydrogens (tertiary/aromatic N) is 2. The van der Waals surface area contributed by atoms with Gasteiger partial charge in [0, 0.05) is 6.54 Å². The van der Waals surface area contributed by atoms with Crippen molar-refractivity contribution in [2.45, 2.75) is 6.54 Å². The van der Waals surface area contributed by atoms with Crippen LogP contribution in [0.25, 0.3) is 22.4 Å². The van der Waals surface area contributed by atoms with Crippen LogP contribution in [-0.2, 0) is 6.54 Å². The van der Waals surface area contributed by atoms with Gasteiger partial charge in [-0.1, -0.05) is 12.1 Å². The van der Waals surface area contributed by atoms with Crippen LogP contribution in [0.2, 0.25) is 0 Å². The zero-order valence-corrected chi connectivity index (χ0v) is 10.7. The number of phenolic OH excluding ortho intramolecular Hbond substituents is 2. The normalized spacial score (nSPS) is 11.1. The molecule has 3 N–H and O–H groups in total. The Morgan fingerprint density at radius 2 is 1.85 bits per heavy atom. The number of benzene rings is 2. The lowest BCUT2D eigenvalue weighted by molar-refractivity contribution is 0.278. The lowest BCUT2D eigenvalue weighted by Crippen LogP contribution is -2.04. The van der Waals surface area contributed by atoms with Crippen LogP contribution in [-0.4, -0.2) is 31.5 Å². The van der Waals surface area contributed by atoms with Crippen molar-refractivity contribution in [3.05, 3.63) is 42.5 Å². The highest BCUT2D eigenvalue weighted by molar-refractivity contribution is 5.82. The van der Waals surface area contributed by atoms with Crippen molar-refractivity contribution in [1.82, 2.24) is 9.55 Å². The molecular weight excluding hydrogens is 256 g/mol. The van der Waals surface area contributed by atoms with Gasteiger partial charge in [-0.25, -0.2) is 4.98 Å². The van der Waals surface area contributed by atoms with Crippen LogP contribution in [0.4, 0.5) is 0 Å². The van der Waals surface area contributed by atoms with Gasteiger partial charge >= 0.3 is 0 Å². The van der Waals surface area contributed by atoms with Gasteiger partial charge in [0.15, 0.2) is 0 Å². The van der Waals surface area contributed by atoms with E-state index in [1.54, 1.807) is 0 Å². The van der Waals surface area contributed by atoms with Crippen molar-refractivity contribution in [3.8, 4) is 22.9 Å². The van der Waals surface area contributed by atoms with E-state index in [-0.39, 0.29) is 18.1 Å². The van der Waals surface area contributed by atoms with Crippen LogP contribution in [0.1, 0.15) is 0 Å². The number of hydrogen-bond acceptors (Lipinski definition) is 4. The Morgan fingerprint density at radius 3 is 2.65 bits per heavy atom. The molecule has 0 spiro atoms. The van der Waals surface area contributed by atoms with Gasteiger partial charge in [-0.15, -0.1) is 0 Å². The fourth-order valence-electron chi connectivity index (χ4n) is 2.31. The Labute approximate surface area is 115 Å². The van der Waals surface area contributed by atoms with E-state index in [2.05, 4.69) is 4.98 Å². The summed E-state index contributed by atoms with van der Waals surface area (Å²) in [5.74, 6) is 0.617. The van der Waals surface area contributed by atoms with Gasteiger partial charge in [0.25, 0.3) is 0 Å². The number of aliphatic hydroxyl groups excluding tert-OH is 1. The third kappa shape index (κ3) is 1.98. The molecule has 0 bridgehead atoms. The van der Waals surface area contributed by atoms with E-state index in [0.29, 0.717) is 17.9 Å². The molecule has 20 heavy (non-hydrogen) atoms. The molecule has 1 aromatic heterocycles. The van der Waals surface area contributed by atoms with E-state index >= 15 is 0 Å². The smallest absolute Gasteiger partial charge is 0.145 e. The molecule has 0 amide bonds. The number of para-hydroxylation sites is 2. The van der Waals surface area contributed by atoms with Gasteiger partial charge in [0.1, 0.15) is 17.3 Å². The quantitative estimate of drug-likeness (QED) is 0.637. The lowest BCUT2D eigenvalue weighted by atomic mass is 10.1. The highest BCUT2D eigenvalue weighted by atomic mass is 16.3. The van der Waals surface area contributed by atoms with E-state index < -0.39 is 0 Å². The zero-order chi connectivity index (χ0) is 14.1. The molecule has 2 aromatic carbocycles. The summed E-state index contributed by atoms with van der Waals surface area (Å²) in [6.45, 7) is 0.331. The largest absolute Gasteiger partial charge is 0.508 e. The third-order valence-corrected chi connectivity index (χ3v) is 3.20. The number of hydrogen-bond donors (Lipinski definition) is 3. The average Bonchev–Trinajstić information content (AvgIpc) is 2.81. The highest BCUT2D eigenvalue weighted by Crippen LogP contribution is 2.33. The van der Waals surface area contributed by atoms with Gasteiger partial charge in [-0.3, -0.25) is 0 Å². The van der Waals surface area contributed by atoms with Crippen LogP contribution in [0.15, 0.2) is 42.5 Å². The topological polar surface area (TPSA) is 78.5 Å². The second kappa shape index (κ2) is 4.86. The summed E-state index contributed by atoms with van der Waals surface area (Å²) in [7, 11) is 0. The Balaban J connectivity index is 2.29. The molecule has 5 nitrogen and oxygen atoms in total. The van der Waals surface area contributed by atoms with Gasteiger partial charge in [0.05, 0.1) is 23.2 Å². The molecule has 0 saturated carbocycles. The number of aliphatic hydroxyl groups is 1. The maximum absolute atomic E-state index is 9.98. The Kier molecular flexibility index (Phi) is 3.04. The van der Waals surface area contributed by atoms with E-state index in [1.165, 1.54) is 18.2 Å². The van der Waals surface area contributed by atoms with Crippen molar-refractivity contribution < 1.29 is 15.3 Å². The average molecular weight is 270 g/mol. The first-order chi connectivity index (χ1) is 9.70. The monoisotopic (exact) mass is 270 g/mol. The minimum absolute atomic E-state index is 0.0348. The highest BCUT2D eigenvalue weighted by Gasteiger charge is 2.15. The Morgan fingerprint density at radius 1 is 1.05 bits per heavy atom. The van der Waals surface area contributed by atoms with E-state index in [9.17, 15) is 15.3 Å². The minimum Gasteiger partial charge on any atom is -0.508 e. The first-order valence-corrected chi connectivity index (χ1v) is 6.29. The number of aromatic hydroxyl groups is 2. The van der Waals surface area contributed by atoms with Crippen molar-refractivity contribution in [2.75, 3.05) is 6.61 Å². The maximum atomic E-state index is 9.98. The maximum Gasteiger partial charge on any atom is 0.145 e. The summed E-state index contributed by atoms with van der Waals surface area (Å²) < 4.78 is 1.82. The number of phenols is 2. The standard InChI is InChI=1S/C15H14N2O3/c18-8-7-17-13-4-2-1-3-12(13)16-15(17)11-9-10(19)5-6-14(11)20/h1-6,9,18-20H,7-8H2. The second-order valence-electron chi connectivity index (χ2n) is 4.50. The Hall–Kier alpha value is -2.53.